The fraction of sp³-hybridized carbons (Fsp3) is 0.727. The molecule has 0 amide bonds. The van der Waals surface area contributed by atoms with Gasteiger partial charge in [0.2, 0.25) is 0 Å². The second-order valence-electron chi connectivity index (χ2n) is 5.50. The molecule has 0 aliphatic heterocycles. The van der Waals surface area contributed by atoms with E-state index < -0.39 is 0 Å². The molecule has 0 fully saturated rings. The summed E-state index contributed by atoms with van der Waals surface area (Å²) < 4.78 is 0. The zero-order valence-electron chi connectivity index (χ0n) is 19.6. The average molecular weight is 373 g/mol. The number of aliphatic hydroxyl groups excluding tert-OH is 2. The highest BCUT2D eigenvalue weighted by atomic mass is 16.3. The molecule has 26 heavy (non-hydrogen) atoms. The Morgan fingerprint density at radius 1 is 0.577 bits per heavy atom. The van der Waals surface area contributed by atoms with Crippen molar-refractivity contribution in [3.63, 3.8) is 0 Å². The third kappa shape index (κ3) is 13.3. The van der Waals surface area contributed by atoms with Crippen LogP contribution in [0, 0.1) is 0 Å². The van der Waals surface area contributed by atoms with Crippen molar-refractivity contribution < 1.29 is 10.2 Å². The zero-order valence-corrected chi connectivity index (χ0v) is 19.6. The Balaban J connectivity index is -0.000000266. The molecule has 0 saturated heterocycles. The van der Waals surface area contributed by atoms with Gasteiger partial charge in [-0.25, -0.2) is 0 Å². The van der Waals surface area contributed by atoms with Crippen molar-refractivity contribution in [3.8, 4) is 0 Å². The summed E-state index contributed by atoms with van der Waals surface area (Å²) in [6, 6.07) is 8.16. The van der Waals surface area contributed by atoms with Crippen molar-refractivity contribution >= 4 is 0 Å². The predicted octanol–water partition coefficient (Wildman–Crippen LogP) is 5.34. The summed E-state index contributed by atoms with van der Waals surface area (Å²) in [5.74, 6) is 0. The Kier molecular flexibility index (Phi) is 25.6. The maximum atomic E-state index is 8.97. The van der Waals surface area contributed by atoms with Crippen LogP contribution in [0.25, 0.3) is 0 Å². The van der Waals surface area contributed by atoms with Gasteiger partial charge in [-0.2, -0.15) is 0 Å². The molecule has 0 spiro atoms. The molecule has 158 valence electrons. The van der Waals surface area contributed by atoms with Gasteiger partial charge in [0.1, 0.15) is 0 Å². The molecule has 1 aromatic rings. The standard InChI is InChI=1S/C14H24N2O2.4C2H6/c1-13(2,15-9-17)11-5-7-12(8-6-11)14(3,4)16-10-18;4*1-2/h5-8,15-18H,9-10H2,1-4H3;4*1-2H3. The van der Waals surface area contributed by atoms with Crippen LogP contribution in [0.5, 0.6) is 0 Å². The van der Waals surface area contributed by atoms with E-state index in [4.69, 9.17) is 10.2 Å². The van der Waals surface area contributed by atoms with Crippen molar-refractivity contribution in [2.24, 2.45) is 0 Å². The highest BCUT2D eigenvalue weighted by molar-refractivity contribution is 5.31. The van der Waals surface area contributed by atoms with Gasteiger partial charge in [-0.1, -0.05) is 79.7 Å². The topological polar surface area (TPSA) is 64.5 Å². The monoisotopic (exact) mass is 372 g/mol. The van der Waals surface area contributed by atoms with Crippen molar-refractivity contribution in [1.82, 2.24) is 10.6 Å². The summed E-state index contributed by atoms with van der Waals surface area (Å²) in [6.07, 6.45) is 0. The molecular weight excluding hydrogens is 324 g/mol. The van der Waals surface area contributed by atoms with Gasteiger partial charge in [-0.15, -0.1) is 0 Å². The van der Waals surface area contributed by atoms with E-state index in [1.165, 1.54) is 0 Å². The number of nitrogens with one attached hydrogen (secondary N) is 2. The van der Waals surface area contributed by atoms with Crippen molar-refractivity contribution in [1.29, 1.82) is 0 Å². The highest BCUT2D eigenvalue weighted by Crippen LogP contribution is 2.24. The van der Waals surface area contributed by atoms with Crippen LogP contribution in [0.4, 0.5) is 0 Å². The van der Waals surface area contributed by atoms with E-state index in [1.54, 1.807) is 0 Å². The molecule has 4 N–H and O–H groups in total. The van der Waals surface area contributed by atoms with E-state index >= 15 is 0 Å². The molecule has 0 heterocycles. The lowest BCUT2D eigenvalue weighted by atomic mass is 9.89. The van der Waals surface area contributed by atoms with E-state index in [9.17, 15) is 0 Å². The van der Waals surface area contributed by atoms with Crippen LogP contribution in [0.1, 0.15) is 94.2 Å². The third-order valence-electron chi connectivity index (χ3n) is 3.37. The Labute approximate surface area is 164 Å². The Hall–Kier alpha value is -0.940. The van der Waals surface area contributed by atoms with Crippen molar-refractivity contribution in [2.45, 2.75) is 94.2 Å². The molecule has 4 heteroatoms. The van der Waals surface area contributed by atoms with Gasteiger partial charge in [0.05, 0.1) is 13.5 Å². The molecular formula is C22H48N2O2. The average Bonchev–Trinajstić information content (AvgIpc) is 2.68. The van der Waals surface area contributed by atoms with Gasteiger partial charge in [0.15, 0.2) is 0 Å². The first-order valence-electron chi connectivity index (χ1n) is 10.2. The third-order valence-corrected chi connectivity index (χ3v) is 3.37. The fourth-order valence-electron chi connectivity index (χ4n) is 1.90. The smallest absolute Gasteiger partial charge is 0.0938 e. The van der Waals surface area contributed by atoms with Gasteiger partial charge >= 0.3 is 0 Å². The van der Waals surface area contributed by atoms with Gasteiger partial charge in [-0.05, 0) is 38.8 Å². The first-order valence-corrected chi connectivity index (χ1v) is 10.2. The lowest BCUT2D eigenvalue weighted by Crippen LogP contribution is -2.38. The SMILES string of the molecule is CC.CC.CC.CC.CC(C)(NCO)c1ccc(C(C)(C)NCO)cc1. The molecule has 0 radical (unpaired) electrons. The number of rotatable bonds is 6. The van der Waals surface area contributed by atoms with Gasteiger partial charge in [0, 0.05) is 11.1 Å². The van der Waals surface area contributed by atoms with Gasteiger partial charge in [0.25, 0.3) is 0 Å². The second-order valence-corrected chi connectivity index (χ2v) is 5.50. The van der Waals surface area contributed by atoms with Crippen LogP contribution >= 0.6 is 0 Å². The zero-order chi connectivity index (χ0) is 21.8. The van der Waals surface area contributed by atoms with E-state index in [1.807, 2.05) is 107 Å². The van der Waals surface area contributed by atoms with Crippen LogP contribution in [-0.2, 0) is 11.1 Å². The summed E-state index contributed by atoms with van der Waals surface area (Å²) in [6.45, 7) is 24.0. The summed E-state index contributed by atoms with van der Waals surface area (Å²) in [5.41, 5.74) is 1.70. The maximum absolute atomic E-state index is 8.97. The van der Waals surface area contributed by atoms with E-state index in [-0.39, 0.29) is 24.5 Å². The molecule has 0 bridgehead atoms. The molecule has 0 atom stereocenters. The first-order chi connectivity index (χ1) is 12.3. The van der Waals surface area contributed by atoms with Crippen LogP contribution in [0.2, 0.25) is 0 Å². The van der Waals surface area contributed by atoms with Crippen molar-refractivity contribution in [2.75, 3.05) is 13.5 Å². The fourth-order valence-corrected chi connectivity index (χ4v) is 1.90. The predicted molar refractivity (Wildman–Crippen MR) is 118 cm³/mol. The lowest BCUT2D eigenvalue weighted by molar-refractivity contribution is 0.208. The minimum absolute atomic E-state index is 0.0493. The molecule has 0 aromatic heterocycles. The number of hydrogen-bond acceptors (Lipinski definition) is 4. The molecule has 0 saturated carbocycles. The Morgan fingerprint density at radius 3 is 0.923 bits per heavy atom. The molecule has 4 nitrogen and oxygen atoms in total. The van der Waals surface area contributed by atoms with Crippen LogP contribution in [0.3, 0.4) is 0 Å². The van der Waals surface area contributed by atoms with E-state index in [2.05, 4.69) is 10.6 Å². The van der Waals surface area contributed by atoms with Crippen LogP contribution in [-0.4, -0.2) is 23.7 Å². The minimum atomic E-state index is -0.262. The highest BCUT2D eigenvalue weighted by Gasteiger charge is 2.22. The molecule has 1 aromatic carbocycles. The number of aliphatic hydroxyl groups is 2. The Bertz CT molecular complexity index is 337. The summed E-state index contributed by atoms with van der Waals surface area (Å²) in [7, 11) is 0. The molecule has 0 aliphatic rings. The van der Waals surface area contributed by atoms with Gasteiger partial charge in [-0.3, -0.25) is 10.6 Å². The first kappa shape index (κ1) is 32.7. The Morgan fingerprint density at radius 2 is 0.769 bits per heavy atom. The van der Waals surface area contributed by atoms with Crippen molar-refractivity contribution in [3.05, 3.63) is 35.4 Å². The summed E-state index contributed by atoms with van der Waals surface area (Å²) in [5, 5.41) is 24.0. The molecule has 1 rings (SSSR count). The lowest BCUT2D eigenvalue weighted by Gasteiger charge is -2.29. The quantitative estimate of drug-likeness (QED) is 0.509. The van der Waals surface area contributed by atoms with Crippen LogP contribution in [0.15, 0.2) is 24.3 Å². The largest absolute Gasteiger partial charge is 0.381 e. The minimum Gasteiger partial charge on any atom is -0.381 e. The summed E-state index contributed by atoms with van der Waals surface area (Å²) in [4.78, 5) is 0. The maximum Gasteiger partial charge on any atom is 0.0938 e. The van der Waals surface area contributed by atoms with E-state index in [0.717, 1.165) is 11.1 Å². The normalized spacial score (nSPS) is 9.77. The second kappa shape index (κ2) is 20.4. The number of benzene rings is 1. The van der Waals surface area contributed by atoms with Crippen LogP contribution < -0.4 is 10.6 Å². The number of hydrogen-bond donors (Lipinski definition) is 4. The van der Waals surface area contributed by atoms with E-state index in [0.29, 0.717) is 0 Å². The van der Waals surface area contributed by atoms with Gasteiger partial charge < -0.3 is 10.2 Å². The summed E-state index contributed by atoms with van der Waals surface area (Å²) >= 11 is 0. The molecule has 0 unspecified atom stereocenters. The molecule has 0 aliphatic carbocycles.